The fourth-order valence-electron chi connectivity index (χ4n) is 4.33. The molecule has 6 heteroatoms. The van der Waals surface area contributed by atoms with Crippen molar-refractivity contribution in [3.05, 3.63) is 17.5 Å². The molecule has 2 bridgehead atoms. The molecule has 0 spiro atoms. The van der Waals surface area contributed by atoms with Gasteiger partial charge in [0.1, 0.15) is 11.4 Å². The maximum absolute atomic E-state index is 12.5. The van der Waals surface area contributed by atoms with Crippen molar-refractivity contribution >= 4 is 6.09 Å². The van der Waals surface area contributed by atoms with Crippen LogP contribution in [0.15, 0.2) is 10.6 Å². The van der Waals surface area contributed by atoms with Crippen molar-refractivity contribution in [1.82, 2.24) is 15.0 Å². The van der Waals surface area contributed by atoms with Crippen LogP contribution in [0.4, 0.5) is 4.79 Å². The lowest BCUT2D eigenvalue weighted by atomic mass is 9.90. The Morgan fingerprint density at radius 1 is 1.36 bits per heavy atom. The summed E-state index contributed by atoms with van der Waals surface area (Å²) in [6, 6.07) is 2.66. The van der Waals surface area contributed by atoms with Gasteiger partial charge in [0.2, 0.25) is 0 Å². The van der Waals surface area contributed by atoms with Crippen LogP contribution < -0.4 is 0 Å². The van der Waals surface area contributed by atoms with Crippen molar-refractivity contribution in [2.24, 2.45) is 5.92 Å². The summed E-state index contributed by atoms with van der Waals surface area (Å²) in [6.45, 7) is 9.54. The molecule has 0 radical (unpaired) electrons. The molecule has 25 heavy (non-hydrogen) atoms. The number of rotatable bonds is 4. The maximum Gasteiger partial charge on any atom is 0.410 e. The number of carbonyl (C=O) groups is 1. The molecule has 2 aliphatic rings. The lowest BCUT2D eigenvalue weighted by molar-refractivity contribution is 0.000180. The minimum Gasteiger partial charge on any atom is -0.444 e. The van der Waals surface area contributed by atoms with Crippen molar-refractivity contribution in [1.29, 1.82) is 0 Å². The molecule has 3 heterocycles. The summed E-state index contributed by atoms with van der Waals surface area (Å²) in [6.07, 6.45) is 4.21. The molecule has 0 N–H and O–H groups in total. The minimum atomic E-state index is -0.427. The molecule has 2 aliphatic heterocycles. The van der Waals surface area contributed by atoms with Gasteiger partial charge in [-0.05, 0) is 66.3 Å². The van der Waals surface area contributed by atoms with E-state index in [2.05, 4.69) is 17.1 Å². The second-order valence-electron chi connectivity index (χ2n) is 8.74. The van der Waals surface area contributed by atoms with Crippen LogP contribution in [0.25, 0.3) is 0 Å². The van der Waals surface area contributed by atoms with Gasteiger partial charge in [-0.2, -0.15) is 0 Å². The first-order valence-corrected chi connectivity index (χ1v) is 9.33. The third-order valence-electron chi connectivity index (χ3n) is 5.11. The van der Waals surface area contributed by atoms with Gasteiger partial charge in [0, 0.05) is 31.2 Å². The van der Waals surface area contributed by atoms with Crippen LogP contribution in [0.2, 0.25) is 0 Å². The zero-order valence-electron chi connectivity index (χ0n) is 16.1. The molecule has 0 aliphatic carbocycles. The smallest absolute Gasteiger partial charge is 0.410 e. The number of hydrogen-bond donors (Lipinski definition) is 0. The predicted molar refractivity (Wildman–Crippen MR) is 95.2 cm³/mol. The van der Waals surface area contributed by atoms with Crippen molar-refractivity contribution in [3.8, 4) is 0 Å². The highest BCUT2D eigenvalue weighted by Crippen LogP contribution is 2.39. The van der Waals surface area contributed by atoms with E-state index in [1.54, 1.807) is 0 Å². The Bertz CT molecular complexity index is 593. The highest BCUT2D eigenvalue weighted by atomic mass is 16.6. The summed E-state index contributed by atoms with van der Waals surface area (Å²) >= 11 is 0. The van der Waals surface area contributed by atoms with E-state index in [-0.39, 0.29) is 6.09 Å². The second kappa shape index (κ2) is 6.98. The average Bonchev–Trinajstić information content (AvgIpc) is 2.98. The quantitative estimate of drug-likeness (QED) is 0.831. The summed E-state index contributed by atoms with van der Waals surface area (Å²) in [4.78, 5) is 16.8. The van der Waals surface area contributed by atoms with Gasteiger partial charge >= 0.3 is 6.09 Å². The fraction of sp³-hybridized carbons (Fsp3) is 0.789. The first kappa shape index (κ1) is 18.2. The largest absolute Gasteiger partial charge is 0.444 e. The van der Waals surface area contributed by atoms with E-state index in [9.17, 15) is 4.79 Å². The average molecular weight is 349 g/mol. The highest BCUT2D eigenvalue weighted by molar-refractivity contribution is 5.69. The van der Waals surface area contributed by atoms with Gasteiger partial charge < -0.3 is 19.1 Å². The molecule has 2 fully saturated rings. The molecule has 6 nitrogen and oxygen atoms in total. The van der Waals surface area contributed by atoms with Crippen molar-refractivity contribution in [2.45, 2.75) is 77.6 Å². The summed E-state index contributed by atoms with van der Waals surface area (Å²) in [5, 5.41) is 4.07. The molecular weight excluding hydrogens is 318 g/mol. The summed E-state index contributed by atoms with van der Waals surface area (Å²) < 4.78 is 10.8. The number of amides is 1. The summed E-state index contributed by atoms with van der Waals surface area (Å²) in [7, 11) is 2.13. The SMILES string of the molecule is Cc1cc(CN(C)CC2CC3CCC(C2)N3C(=O)OC(C)(C)C)no1. The van der Waals surface area contributed by atoms with Gasteiger partial charge in [0.05, 0.1) is 5.69 Å². The molecule has 1 aromatic heterocycles. The maximum atomic E-state index is 12.5. The fourth-order valence-corrected chi connectivity index (χ4v) is 4.33. The highest BCUT2D eigenvalue weighted by Gasteiger charge is 2.44. The number of piperidine rings is 1. The summed E-state index contributed by atoms with van der Waals surface area (Å²) in [5.74, 6) is 1.47. The van der Waals surface area contributed by atoms with Crippen LogP contribution in [0.3, 0.4) is 0 Å². The molecule has 2 saturated heterocycles. The molecular formula is C19H31N3O3. The molecule has 0 saturated carbocycles. The number of aromatic nitrogens is 1. The van der Waals surface area contributed by atoms with E-state index >= 15 is 0 Å². The van der Waals surface area contributed by atoms with Crippen molar-refractivity contribution in [3.63, 3.8) is 0 Å². The number of aryl methyl sites for hydroxylation is 1. The molecule has 2 unspecified atom stereocenters. The second-order valence-corrected chi connectivity index (χ2v) is 8.74. The summed E-state index contributed by atoms with van der Waals surface area (Å²) in [5.41, 5.74) is 0.553. The van der Waals surface area contributed by atoms with E-state index in [1.807, 2.05) is 38.7 Å². The van der Waals surface area contributed by atoms with Gasteiger partial charge in [-0.15, -0.1) is 0 Å². The van der Waals surface area contributed by atoms with E-state index in [1.165, 1.54) is 0 Å². The zero-order valence-corrected chi connectivity index (χ0v) is 16.1. The number of hydrogen-bond acceptors (Lipinski definition) is 5. The minimum absolute atomic E-state index is 0.134. The van der Waals surface area contributed by atoms with Crippen LogP contribution in [0, 0.1) is 12.8 Å². The van der Waals surface area contributed by atoms with Gasteiger partial charge in [-0.25, -0.2) is 4.79 Å². The topological polar surface area (TPSA) is 58.8 Å². The monoisotopic (exact) mass is 349 g/mol. The number of fused-ring (bicyclic) bond motifs is 2. The molecule has 0 aromatic carbocycles. The van der Waals surface area contributed by atoms with E-state index < -0.39 is 5.60 Å². The molecule has 140 valence electrons. The molecule has 3 rings (SSSR count). The standard InChI is InChI=1S/C19H31N3O3/c1-13-8-15(20-25-13)12-21(5)11-14-9-16-6-7-17(10-14)22(16)18(23)24-19(2,3)4/h8,14,16-17H,6-7,9-12H2,1-5H3. The normalized spacial score (nSPS) is 26.3. The van der Waals surface area contributed by atoms with Crippen molar-refractivity contribution in [2.75, 3.05) is 13.6 Å². The lowest BCUT2D eigenvalue weighted by Gasteiger charge is -2.40. The van der Waals surface area contributed by atoms with Crippen LogP contribution in [-0.2, 0) is 11.3 Å². The zero-order chi connectivity index (χ0) is 18.2. The van der Waals surface area contributed by atoms with Gasteiger partial charge in [0.25, 0.3) is 0 Å². The molecule has 1 aromatic rings. The van der Waals surface area contributed by atoms with Crippen LogP contribution in [-0.4, -0.2) is 52.3 Å². The number of carbonyl (C=O) groups excluding carboxylic acids is 1. The Morgan fingerprint density at radius 3 is 2.52 bits per heavy atom. The number of nitrogens with zero attached hydrogens (tertiary/aromatic N) is 3. The molecule has 2 atom stereocenters. The van der Waals surface area contributed by atoms with Crippen molar-refractivity contribution < 1.29 is 14.1 Å². The van der Waals surface area contributed by atoms with E-state index in [0.717, 1.165) is 50.2 Å². The van der Waals surface area contributed by atoms with Gasteiger partial charge in [0.15, 0.2) is 0 Å². The Balaban J connectivity index is 1.53. The van der Waals surface area contributed by atoms with Crippen LogP contribution in [0.5, 0.6) is 0 Å². The Labute approximate surface area is 150 Å². The Hall–Kier alpha value is -1.56. The van der Waals surface area contributed by atoms with Crippen LogP contribution >= 0.6 is 0 Å². The van der Waals surface area contributed by atoms with Gasteiger partial charge in [-0.1, -0.05) is 5.16 Å². The van der Waals surface area contributed by atoms with Gasteiger partial charge in [-0.3, -0.25) is 0 Å². The van der Waals surface area contributed by atoms with E-state index in [4.69, 9.17) is 9.26 Å². The number of ether oxygens (including phenoxy) is 1. The van der Waals surface area contributed by atoms with E-state index in [0.29, 0.717) is 18.0 Å². The Morgan fingerprint density at radius 2 is 2.00 bits per heavy atom. The molecule has 1 amide bonds. The third-order valence-corrected chi connectivity index (χ3v) is 5.11. The predicted octanol–water partition coefficient (Wildman–Crippen LogP) is 3.59. The lowest BCUT2D eigenvalue weighted by Crippen LogP contribution is -2.49. The first-order chi connectivity index (χ1) is 11.7. The van der Waals surface area contributed by atoms with Crippen LogP contribution in [0.1, 0.15) is 57.9 Å². The third kappa shape index (κ3) is 4.54. The first-order valence-electron chi connectivity index (χ1n) is 9.33. The Kier molecular flexibility index (Phi) is 5.09.